The largest absolute Gasteiger partial charge is 0.461 e. The zero-order valence-corrected chi connectivity index (χ0v) is 14.3. The Labute approximate surface area is 131 Å². The molecule has 0 aromatic rings. The molecule has 0 aliphatic carbocycles. The van der Waals surface area contributed by atoms with Crippen LogP contribution < -0.4 is 0 Å². The Morgan fingerprint density at radius 3 is 1.55 bits per heavy atom. The number of amides is 2. The minimum atomic E-state index is -1.06. The first-order valence-corrected chi connectivity index (χ1v) is 6.90. The van der Waals surface area contributed by atoms with Crippen LogP contribution >= 0.6 is 0 Å². The fourth-order valence-electron chi connectivity index (χ4n) is 1.22. The zero-order valence-electron chi connectivity index (χ0n) is 14.3. The van der Waals surface area contributed by atoms with E-state index in [-0.39, 0.29) is 6.61 Å². The molecule has 2 amide bonds. The third-order valence-electron chi connectivity index (χ3n) is 1.93. The van der Waals surface area contributed by atoms with Crippen molar-refractivity contribution in [1.29, 1.82) is 0 Å². The number of carbonyl (C=O) groups excluding carboxylic acids is 3. The Balaban J connectivity index is 5.40. The van der Waals surface area contributed by atoms with E-state index in [1.54, 1.807) is 48.5 Å². The van der Waals surface area contributed by atoms with Crippen molar-refractivity contribution in [3.05, 3.63) is 12.3 Å². The minimum Gasteiger partial charge on any atom is -0.461 e. The molecule has 0 aliphatic heterocycles. The normalized spacial score (nSPS) is 11.4. The Kier molecular flexibility index (Phi) is 6.61. The lowest BCUT2D eigenvalue weighted by atomic mass is 10.2. The minimum absolute atomic E-state index is 0.0777. The van der Waals surface area contributed by atoms with E-state index in [9.17, 15) is 14.4 Å². The standard InChI is InChI=1S/C15H25NO6/c1-9-20-11(17)10(2)16(12(18)21-14(3,4)5)13(19)22-15(6,7)8/h2,9H2,1,3-8H3. The molecule has 0 atom stereocenters. The number of rotatable bonds is 3. The molecule has 0 radical (unpaired) electrons. The van der Waals surface area contributed by atoms with E-state index in [0.717, 1.165) is 0 Å². The van der Waals surface area contributed by atoms with Crippen LogP contribution in [0.2, 0.25) is 0 Å². The predicted octanol–water partition coefficient (Wildman–Crippen LogP) is 3.24. The van der Waals surface area contributed by atoms with Gasteiger partial charge in [-0.05, 0) is 48.5 Å². The quantitative estimate of drug-likeness (QED) is 0.452. The van der Waals surface area contributed by atoms with Gasteiger partial charge in [-0.2, -0.15) is 4.90 Å². The second-order valence-corrected chi connectivity index (χ2v) is 6.46. The summed E-state index contributed by atoms with van der Waals surface area (Å²) in [7, 11) is 0. The highest BCUT2D eigenvalue weighted by molar-refractivity contribution is 6.00. The van der Waals surface area contributed by atoms with Gasteiger partial charge in [0.2, 0.25) is 0 Å². The molecule has 0 saturated carbocycles. The summed E-state index contributed by atoms with van der Waals surface area (Å²) >= 11 is 0. The van der Waals surface area contributed by atoms with E-state index in [2.05, 4.69) is 6.58 Å². The van der Waals surface area contributed by atoms with Gasteiger partial charge < -0.3 is 14.2 Å². The van der Waals surface area contributed by atoms with Gasteiger partial charge in [-0.15, -0.1) is 0 Å². The first kappa shape index (κ1) is 19.9. The summed E-state index contributed by atoms with van der Waals surface area (Å²) in [6, 6.07) is 0. The van der Waals surface area contributed by atoms with Crippen LogP contribution in [-0.4, -0.2) is 40.9 Å². The average molecular weight is 315 g/mol. The number of hydrogen-bond acceptors (Lipinski definition) is 6. The Morgan fingerprint density at radius 2 is 1.27 bits per heavy atom. The topological polar surface area (TPSA) is 82.1 Å². The van der Waals surface area contributed by atoms with E-state index in [1.807, 2.05) is 0 Å². The molecule has 0 bridgehead atoms. The molecule has 0 unspecified atom stereocenters. The van der Waals surface area contributed by atoms with Crippen LogP contribution in [0.4, 0.5) is 9.59 Å². The number of imide groups is 1. The Bertz CT molecular complexity index is 428. The van der Waals surface area contributed by atoms with Gasteiger partial charge in [0.15, 0.2) is 0 Å². The third kappa shape index (κ3) is 7.10. The van der Waals surface area contributed by atoms with Crippen molar-refractivity contribution in [2.45, 2.75) is 59.7 Å². The summed E-state index contributed by atoms with van der Waals surface area (Å²) in [4.78, 5) is 36.5. The lowest BCUT2D eigenvalue weighted by Crippen LogP contribution is -2.44. The number of nitrogens with zero attached hydrogens (tertiary/aromatic N) is 1. The van der Waals surface area contributed by atoms with Crippen molar-refractivity contribution in [2.75, 3.05) is 6.61 Å². The highest BCUT2D eigenvalue weighted by Gasteiger charge is 2.36. The Hall–Kier alpha value is -2.05. The summed E-state index contributed by atoms with van der Waals surface area (Å²) in [5.41, 5.74) is -2.18. The maximum atomic E-state index is 12.2. The number of esters is 1. The van der Waals surface area contributed by atoms with E-state index >= 15 is 0 Å². The van der Waals surface area contributed by atoms with Gasteiger partial charge in [0.25, 0.3) is 0 Å². The van der Waals surface area contributed by atoms with Gasteiger partial charge in [-0.3, -0.25) is 0 Å². The van der Waals surface area contributed by atoms with Crippen LogP contribution in [0, 0.1) is 0 Å². The van der Waals surface area contributed by atoms with Gasteiger partial charge in [-0.1, -0.05) is 6.58 Å². The number of hydrogen-bond donors (Lipinski definition) is 0. The molecule has 0 N–H and O–H groups in total. The maximum Gasteiger partial charge on any atom is 0.424 e. The highest BCUT2D eigenvalue weighted by atomic mass is 16.6. The molecule has 0 aliphatic rings. The van der Waals surface area contributed by atoms with E-state index in [4.69, 9.17) is 14.2 Å². The van der Waals surface area contributed by atoms with Crippen LogP contribution in [0.15, 0.2) is 12.3 Å². The van der Waals surface area contributed by atoms with Gasteiger partial charge in [-0.25, -0.2) is 14.4 Å². The monoisotopic (exact) mass is 315 g/mol. The predicted molar refractivity (Wildman–Crippen MR) is 80.1 cm³/mol. The second-order valence-electron chi connectivity index (χ2n) is 6.46. The van der Waals surface area contributed by atoms with Crippen LogP contribution in [0.25, 0.3) is 0 Å². The molecule has 22 heavy (non-hydrogen) atoms. The smallest absolute Gasteiger partial charge is 0.424 e. The SMILES string of the molecule is C=C(C(=O)OCC)N(C(=O)OC(C)(C)C)C(=O)OC(C)(C)C. The van der Waals surface area contributed by atoms with E-state index in [0.29, 0.717) is 4.90 Å². The van der Waals surface area contributed by atoms with Gasteiger partial charge in [0.05, 0.1) is 6.61 Å². The molecule has 0 aromatic carbocycles. The zero-order chi connectivity index (χ0) is 17.7. The van der Waals surface area contributed by atoms with Crippen molar-refractivity contribution in [2.24, 2.45) is 0 Å². The van der Waals surface area contributed by atoms with Crippen molar-refractivity contribution < 1.29 is 28.6 Å². The first-order chi connectivity index (χ1) is 9.78. The van der Waals surface area contributed by atoms with Crippen molar-refractivity contribution in [3.8, 4) is 0 Å². The van der Waals surface area contributed by atoms with E-state index < -0.39 is 35.1 Å². The molecule has 7 heteroatoms. The van der Waals surface area contributed by atoms with Crippen LogP contribution in [0.1, 0.15) is 48.5 Å². The molecule has 0 saturated heterocycles. The average Bonchev–Trinajstić information content (AvgIpc) is 2.23. The summed E-state index contributed by atoms with van der Waals surface area (Å²) < 4.78 is 15.0. The third-order valence-corrected chi connectivity index (χ3v) is 1.93. The molecular weight excluding hydrogens is 290 g/mol. The van der Waals surface area contributed by atoms with Crippen LogP contribution in [0.3, 0.4) is 0 Å². The first-order valence-electron chi connectivity index (χ1n) is 6.90. The summed E-state index contributed by atoms with van der Waals surface area (Å²) in [5.74, 6) is -0.904. The van der Waals surface area contributed by atoms with E-state index in [1.165, 1.54) is 0 Å². The van der Waals surface area contributed by atoms with Crippen molar-refractivity contribution >= 4 is 18.2 Å². The maximum absolute atomic E-state index is 12.2. The highest BCUT2D eigenvalue weighted by Crippen LogP contribution is 2.18. The van der Waals surface area contributed by atoms with Crippen LogP contribution in [0.5, 0.6) is 0 Å². The lowest BCUT2D eigenvalue weighted by Gasteiger charge is -2.28. The van der Waals surface area contributed by atoms with Gasteiger partial charge in [0.1, 0.15) is 16.9 Å². The van der Waals surface area contributed by atoms with Crippen molar-refractivity contribution in [1.82, 2.24) is 4.90 Å². The molecule has 126 valence electrons. The molecule has 7 nitrogen and oxygen atoms in total. The van der Waals surface area contributed by atoms with Crippen molar-refractivity contribution in [3.63, 3.8) is 0 Å². The Morgan fingerprint density at radius 1 is 0.909 bits per heavy atom. The molecular formula is C15H25NO6. The number of carbonyl (C=O) groups is 3. The fraction of sp³-hybridized carbons (Fsp3) is 0.667. The molecule has 0 heterocycles. The molecule has 0 fully saturated rings. The fourth-order valence-corrected chi connectivity index (χ4v) is 1.22. The number of ether oxygens (including phenoxy) is 3. The van der Waals surface area contributed by atoms with Crippen LogP contribution in [-0.2, 0) is 19.0 Å². The molecule has 0 spiro atoms. The van der Waals surface area contributed by atoms with Gasteiger partial charge >= 0.3 is 18.2 Å². The lowest BCUT2D eigenvalue weighted by molar-refractivity contribution is -0.140. The summed E-state index contributed by atoms with van der Waals surface area (Å²) in [6.07, 6.45) is -2.11. The summed E-state index contributed by atoms with van der Waals surface area (Å²) in [6.45, 7) is 14.9. The second kappa shape index (κ2) is 7.29. The molecule has 0 rings (SSSR count). The van der Waals surface area contributed by atoms with Gasteiger partial charge in [0, 0.05) is 0 Å². The summed E-state index contributed by atoms with van der Waals surface area (Å²) in [5, 5.41) is 0. The molecule has 0 aromatic heterocycles.